The quantitative estimate of drug-likeness (QED) is 0.829. The van der Waals surface area contributed by atoms with Gasteiger partial charge < -0.3 is 15.4 Å². The van der Waals surface area contributed by atoms with E-state index >= 15 is 0 Å². The minimum absolute atomic E-state index is 0.00488. The molecule has 5 nitrogen and oxygen atoms in total. The Kier molecular flexibility index (Phi) is 3.46. The molecule has 96 valence electrons. The van der Waals surface area contributed by atoms with Crippen LogP contribution in [0.3, 0.4) is 0 Å². The highest BCUT2D eigenvalue weighted by molar-refractivity contribution is 5.80. The van der Waals surface area contributed by atoms with Gasteiger partial charge in [0.05, 0.1) is 0 Å². The number of carbonyl (C=O) groups is 1. The Balaban J connectivity index is 3.08. The van der Waals surface area contributed by atoms with Crippen molar-refractivity contribution in [2.75, 3.05) is 0 Å². The van der Waals surface area contributed by atoms with Gasteiger partial charge in [-0.15, -0.1) is 0 Å². The summed E-state index contributed by atoms with van der Waals surface area (Å²) in [5, 5.41) is 8.65. The maximum Gasteiger partial charge on any atom is 0.417 e. The molecule has 1 aromatic heterocycles. The van der Waals surface area contributed by atoms with Crippen LogP contribution in [0.4, 0.5) is 13.2 Å². The largest absolute Gasteiger partial charge is 0.480 e. The summed E-state index contributed by atoms with van der Waals surface area (Å²) in [5.41, 5.74) is 1.64. The van der Waals surface area contributed by atoms with E-state index in [1.807, 2.05) is 0 Å². The number of rotatable bonds is 4. The van der Waals surface area contributed by atoms with Crippen LogP contribution in [0, 0.1) is 0 Å². The molecular weight excluding hydrogens is 239 g/mol. The third kappa shape index (κ3) is 2.41. The number of imidazole rings is 1. The van der Waals surface area contributed by atoms with Crippen LogP contribution in [0.5, 0.6) is 0 Å². The summed E-state index contributed by atoms with van der Waals surface area (Å²) >= 11 is 0. The van der Waals surface area contributed by atoms with E-state index < -0.39 is 24.1 Å². The molecule has 0 spiro atoms. The van der Waals surface area contributed by atoms with Crippen molar-refractivity contribution in [3.05, 3.63) is 18.2 Å². The standard InChI is InChI=1S/C9H12F3N3O2/c1-2-15-4-3-14-6(15)5-8(13,7(16)17)9(10,11)12/h3-4H,2,5,13H2,1H3,(H,16,17). The molecule has 1 unspecified atom stereocenters. The van der Waals surface area contributed by atoms with Gasteiger partial charge in [-0.2, -0.15) is 13.2 Å². The van der Waals surface area contributed by atoms with E-state index in [-0.39, 0.29) is 5.82 Å². The van der Waals surface area contributed by atoms with Gasteiger partial charge >= 0.3 is 12.1 Å². The first-order valence-corrected chi connectivity index (χ1v) is 4.81. The number of carboxylic acids is 1. The van der Waals surface area contributed by atoms with Gasteiger partial charge in [0.15, 0.2) is 0 Å². The number of nitrogens with two attached hydrogens (primary N) is 1. The molecule has 1 atom stereocenters. The van der Waals surface area contributed by atoms with E-state index in [1.54, 1.807) is 6.92 Å². The Labute approximate surface area is 95.1 Å². The zero-order valence-corrected chi connectivity index (χ0v) is 9.03. The number of halogens is 3. The van der Waals surface area contributed by atoms with E-state index in [0.29, 0.717) is 6.54 Å². The van der Waals surface area contributed by atoms with Gasteiger partial charge in [0.25, 0.3) is 0 Å². The lowest BCUT2D eigenvalue weighted by molar-refractivity contribution is -0.202. The third-order valence-corrected chi connectivity index (χ3v) is 2.47. The fraction of sp³-hybridized carbons (Fsp3) is 0.556. The highest BCUT2D eigenvalue weighted by Crippen LogP contribution is 2.31. The molecule has 17 heavy (non-hydrogen) atoms. The van der Waals surface area contributed by atoms with Crippen LogP contribution >= 0.6 is 0 Å². The summed E-state index contributed by atoms with van der Waals surface area (Å²) in [6.45, 7) is 2.10. The van der Waals surface area contributed by atoms with Crippen molar-refractivity contribution in [1.29, 1.82) is 0 Å². The topological polar surface area (TPSA) is 81.1 Å². The van der Waals surface area contributed by atoms with Gasteiger partial charge in [-0.05, 0) is 6.92 Å². The summed E-state index contributed by atoms with van der Waals surface area (Å²) in [6, 6.07) is 0. The second kappa shape index (κ2) is 4.36. The zero-order chi connectivity index (χ0) is 13.3. The average Bonchev–Trinajstić information content (AvgIpc) is 2.62. The maximum absolute atomic E-state index is 12.6. The first-order valence-electron chi connectivity index (χ1n) is 4.81. The molecule has 0 fully saturated rings. The molecular formula is C9H12F3N3O2. The second-order valence-electron chi connectivity index (χ2n) is 3.58. The molecule has 0 saturated heterocycles. The van der Waals surface area contributed by atoms with Crippen LogP contribution in [-0.4, -0.2) is 32.3 Å². The summed E-state index contributed by atoms with van der Waals surface area (Å²) in [4.78, 5) is 14.4. The number of aliphatic carboxylic acids is 1. The van der Waals surface area contributed by atoms with Gasteiger partial charge in [0.2, 0.25) is 5.54 Å². The molecule has 0 radical (unpaired) electrons. The number of aryl methyl sites for hydroxylation is 1. The first kappa shape index (κ1) is 13.5. The van der Waals surface area contributed by atoms with Crippen LogP contribution in [0.25, 0.3) is 0 Å². The molecule has 0 saturated carbocycles. The van der Waals surface area contributed by atoms with Crippen LogP contribution in [0.1, 0.15) is 12.7 Å². The van der Waals surface area contributed by atoms with Gasteiger partial charge in [-0.1, -0.05) is 0 Å². The number of carboxylic acid groups (broad SMARTS) is 1. The molecule has 0 aliphatic rings. The molecule has 1 heterocycles. The fourth-order valence-corrected chi connectivity index (χ4v) is 1.34. The van der Waals surface area contributed by atoms with Crippen LogP contribution in [0.15, 0.2) is 12.4 Å². The average molecular weight is 251 g/mol. The molecule has 3 N–H and O–H groups in total. The molecule has 0 bridgehead atoms. The van der Waals surface area contributed by atoms with Crippen molar-refractivity contribution in [3.63, 3.8) is 0 Å². The van der Waals surface area contributed by atoms with E-state index in [9.17, 15) is 18.0 Å². The minimum atomic E-state index is -5.04. The highest BCUT2D eigenvalue weighted by atomic mass is 19.4. The van der Waals surface area contributed by atoms with Crippen molar-refractivity contribution in [1.82, 2.24) is 9.55 Å². The summed E-state index contributed by atoms with van der Waals surface area (Å²) in [6.07, 6.45) is -3.17. The molecule has 0 amide bonds. The highest BCUT2D eigenvalue weighted by Gasteiger charge is 2.58. The van der Waals surface area contributed by atoms with Crippen LogP contribution < -0.4 is 5.73 Å². The van der Waals surface area contributed by atoms with Crippen LogP contribution in [0.2, 0.25) is 0 Å². The number of aromatic nitrogens is 2. The van der Waals surface area contributed by atoms with E-state index in [0.717, 1.165) is 0 Å². The summed E-state index contributed by atoms with van der Waals surface area (Å²) in [7, 11) is 0. The molecule has 8 heteroatoms. The zero-order valence-electron chi connectivity index (χ0n) is 9.03. The van der Waals surface area contributed by atoms with Crippen molar-refractivity contribution in [3.8, 4) is 0 Å². The van der Waals surface area contributed by atoms with Gasteiger partial charge in [0.1, 0.15) is 5.82 Å². The first-order chi connectivity index (χ1) is 7.72. The molecule has 1 rings (SSSR count). The SMILES string of the molecule is CCn1ccnc1CC(N)(C(=O)O)C(F)(F)F. The smallest absolute Gasteiger partial charge is 0.417 e. The number of hydrogen-bond donors (Lipinski definition) is 2. The van der Waals surface area contributed by atoms with Crippen molar-refractivity contribution in [2.24, 2.45) is 5.73 Å². The van der Waals surface area contributed by atoms with Gasteiger partial charge in [-0.3, -0.25) is 0 Å². The Hall–Kier alpha value is -1.57. The Morgan fingerprint density at radius 1 is 1.59 bits per heavy atom. The van der Waals surface area contributed by atoms with Crippen LogP contribution in [-0.2, 0) is 17.8 Å². The number of nitrogens with zero attached hydrogens (tertiary/aromatic N) is 2. The third-order valence-electron chi connectivity index (χ3n) is 2.47. The van der Waals surface area contributed by atoms with E-state index in [2.05, 4.69) is 4.98 Å². The monoisotopic (exact) mass is 251 g/mol. The number of hydrogen-bond acceptors (Lipinski definition) is 3. The second-order valence-corrected chi connectivity index (χ2v) is 3.58. The lowest BCUT2D eigenvalue weighted by atomic mass is 9.95. The Morgan fingerprint density at radius 2 is 2.18 bits per heavy atom. The number of alkyl halides is 3. The molecule has 0 aromatic carbocycles. The van der Waals surface area contributed by atoms with Crippen molar-refractivity contribution >= 4 is 5.97 Å². The Morgan fingerprint density at radius 3 is 2.59 bits per heavy atom. The van der Waals surface area contributed by atoms with Gasteiger partial charge in [0, 0.05) is 25.4 Å². The molecule has 1 aromatic rings. The predicted molar refractivity (Wildman–Crippen MR) is 52.2 cm³/mol. The van der Waals surface area contributed by atoms with Crippen molar-refractivity contribution < 1.29 is 23.1 Å². The molecule has 0 aliphatic heterocycles. The fourth-order valence-electron chi connectivity index (χ4n) is 1.34. The Bertz CT molecular complexity index is 416. The summed E-state index contributed by atoms with van der Waals surface area (Å²) in [5.74, 6) is -2.12. The normalized spacial score (nSPS) is 15.6. The maximum atomic E-state index is 12.6. The summed E-state index contributed by atoms with van der Waals surface area (Å²) < 4.78 is 39.3. The molecule has 0 aliphatic carbocycles. The predicted octanol–water partition coefficient (Wildman–Crippen LogP) is 0.790. The lowest BCUT2D eigenvalue weighted by Crippen LogP contribution is -2.61. The van der Waals surface area contributed by atoms with Crippen molar-refractivity contribution in [2.45, 2.75) is 31.6 Å². The minimum Gasteiger partial charge on any atom is -0.480 e. The van der Waals surface area contributed by atoms with Gasteiger partial charge in [-0.25, -0.2) is 9.78 Å². The lowest BCUT2D eigenvalue weighted by Gasteiger charge is -2.27. The van der Waals surface area contributed by atoms with E-state index in [4.69, 9.17) is 10.8 Å². The van der Waals surface area contributed by atoms with E-state index in [1.165, 1.54) is 17.0 Å².